The Bertz CT molecular complexity index is 189. The molecule has 0 spiro atoms. The fourth-order valence-corrected chi connectivity index (χ4v) is 1.02. The molecule has 4 heteroatoms. The van der Waals surface area contributed by atoms with Crippen LogP contribution in [0.15, 0.2) is 11.1 Å². The van der Waals surface area contributed by atoms with Crippen molar-refractivity contribution in [3.05, 3.63) is 11.1 Å². The summed E-state index contributed by atoms with van der Waals surface area (Å²) in [5.41, 5.74) is 2.38. The number of ether oxygens (including phenoxy) is 1. The highest BCUT2D eigenvalue weighted by Crippen LogP contribution is 2.04. The fraction of sp³-hybridized carbons (Fsp3) is 0.625. The summed E-state index contributed by atoms with van der Waals surface area (Å²) in [5.74, 6) is 0. The largest absolute Gasteiger partial charge is 0.453 e. The van der Waals surface area contributed by atoms with E-state index in [1.807, 2.05) is 13.8 Å². The minimum Gasteiger partial charge on any atom is -0.453 e. The number of amides is 1. The van der Waals surface area contributed by atoms with Gasteiger partial charge in [-0.1, -0.05) is 27.1 Å². The van der Waals surface area contributed by atoms with Gasteiger partial charge in [0.1, 0.15) is 0 Å². The van der Waals surface area contributed by atoms with E-state index < -0.39 is 6.09 Å². The van der Waals surface area contributed by atoms with Gasteiger partial charge in [-0.2, -0.15) is 0 Å². The first-order valence-electron chi connectivity index (χ1n) is 3.64. The van der Waals surface area contributed by atoms with Gasteiger partial charge in [0.25, 0.3) is 0 Å². The van der Waals surface area contributed by atoms with Crippen molar-refractivity contribution in [1.82, 2.24) is 5.32 Å². The van der Waals surface area contributed by atoms with E-state index in [1.54, 1.807) is 0 Å². The number of hydrogen-bond donors (Lipinski definition) is 1. The van der Waals surface area contributed by atoms with E-state index in [9.17, 15) is 4.79 Å². The predicted molar refractivity (Wildman–Crippen MR) is 52.6 cm³/mol. The Morgan fingerprint density at radius 3 is 2.42 bits per heavy atom. The van der Waals surface area contributed by atoms with Crippen molar-refractivity contribution >= 4 is 22.0 Å². The van der Waals surface area contributed by atoms with Crippen LogP contribution in [0.5, 0.6) is 0 Å². The van der Waals surface area contributed by atoms with Crippen molar-refractivity contribution in [2.45, 2.75) is 13.8 Å². The molecule has 0 fully saturated rings. The summed E-state index contributed by atoms with van der Waals surface area (Å²) in [6.07, 6.45) is -0.392. The van der Waals surface area contributed by atoms with Gasteiger partial charge in [-0.25, -0.2) is 4.79 Å². The standard InChI is InChI=1S/C8H14BrNO2/c1-6(4-9)7(2)5-10-8(11)12-3/h4-5H2,1-3H3,(H,10,11)/b7-6+. The summed E-state index contributed by atoms with van der Waals surface area (Å²) in [6, 6.07) is 0. The molecule has 0 saturated heterocycles. The van der Waals surface area contributed by atoms with Crippen LogP contribution >= 0.6 is 15.9 Å². The minimum absolute atomic E-state index is 0.392. The van der Waals surface area contributed by atoms with Crippen LogP contribution in [-0.4, -0.2) is 25.1 Å². The van der Waals surface area contributed by atoms with Crippen molar-refractivity contribution in [2.75, 3.05) is 19.0 Å². The monoisotopic (exact) mass is 235 g/mol. The first kappa shape index (κ1) is 11.5. The maximum Gasteiger partial charge on any atom is 0.407 e. The van der Waals surface area contributed by atoms with E-state index in [4.69, 9.17) is 0 Å². The van der Waals surface area contributed by atoms with E-state index in [0.29, 0.717) is 6.54 Å². The molecule has 0 aromatic carbocycles. The van der Waals surface area contributed by atoms with E-state index in [2.05, 4.69) is 26.0 Å². The molecule has 12 heavy (non-hydrogen) atoms. The second-order valence-corrected chi connectivity index (χ2v) is 3.10. The van der Waals surface area contributed by atoms with Gasteiger partial charge in [0.2, 0.25) is 0 Å². The van der Waals surface area contributed by atoms with Crippen LogP contribution in [0.4, 0.5) is 4.79 Å². The number of alkyl halides is 1. The molecule has 0 aliphatic rings. The van der Waals surface area contributed by atoms with Crippen LogP contribution in [0.1, 0.15) is 13.8 Å². The number of hydrogen-bond acceptors (Lipinski definition) is 2. The SMILES string of the molecule is COC(=O)NC/C(C)=C(\C)CBr. The lowest BCUT2D eigenvalue weighted by Crippen LogP contribution is -2.25. The van der Waals surface area contributed by atoms with Crippen LogP contribution in [0, 0.1) is 0 Å². The minimum atomic E-state index is -0.392. The fourth-order valence-electron chi connectivity index (χ4n) is 0.542. The van der Waals surface area contributed by atoms with Crippen LogP contribution < -0.4 is 5.32 Å². The van der Waals surface area contributed by atoms with Gasteiger partial charge in [-0.15, -0.1) is 0 Å². The van der Waals surface area contributed by atoms with Crippen molar-refractivity contribution < 1.29 is 9.53 Å². The van der Waals surface area contributed by atoms with Crippen LogP contribution in [-0.2, 0) is 4.74 Å². The van der Waals surface area contributed by atoms with Crippen LogP contribution in [0.2, 0.25) is 0 Å². The Hall–Kier alpha value is -0.510. The molecule has 1 N–H and O–H groups in total. The van der Waals surface area contributed by atoms with Crippen molar-refractivity contribution in [3.8, 4) is 0 Å². The number of carbonyl (C=O) groups excluding carboxylic acids is 1. The Labute approximate surface area is 81.3 Å². The molecular weight excluding hydrogens is 222 g/mol. The van der Waals surface area contributed by atoms with Gasteiger partial charge in [0.05, 0.1) is 7.11 Å². The molecule has 0 radical (unpaired) electrons. The lowest BCUT2D eigenvalue weighted by atomic mass is 10.2. The molecule has 70 valence electrons. The molecule has 3 nitrogen and oxygen atoms in total. The third kappa shape index (κ3) is 4.38. The van der Waals surface area contributed by atoms with E-state index in [-0.39, 0.29) is 0 Å². The molecule has 0 aliphatic heterocycles. The van der Waals surface area contributed by atoms with Gasteiger partial charge in [-0.05, 0) is 13.8 Å². The number of carbonyl (C=O) groups is 1. The zero-order valence-corrected chi connectivity index (χ0v) is 9.19. The lowest BCUT2D eigenvalue weighted by molar-refractivity contribution is 0.172. The smallest absolute Gasteiger partial charge is 0.407 e. The zero-order valence-electron chi connectivity index (χ0n) is 7.61. The Kier molecular flexibility index (Phi) is 5.80. The molecule has 0 heterocycles. The van der Waals surface area contributed by atoms with Gasteiger partial charge in [0, 0.05) is 11.9 Å². The number of alkyl carbamates (subject to hydrolysis) is 1. The average Bonchev–Trinajstić information content (AvgIpc) is 2.11. The number of rotatable bonds is 3. The molecule has 0 aliphatic carbocycles. The molecular formula is C8H14BrNO2. The van der Waals surface area contributed by atoms with Crippen LogP contribution in [0.3, 0.4) is 0 Å². The highest BCUT2D eigenvalue weighted by Gasteiger charge is 1.99. The van der Waals surface area contributed by atoms with Gasteiger partial charge in [0.15, 0.2) is 0 Å². The Balaban J connectivity index is 3.85. The number of nitrogens with one attached hydrogen (secondary N) is 1. The van der Waals surface area contributed by atoms with Crippen molar-refractivity contribution in [1.29, 1.82) is 0 Å². The highest BCUT2D eigenvalue weighted by atomic mass is 79.9. The molecule has 0 atom stereocenters. The molecule has 0 rings (SSSR count). The lowest BCUT2D eigenvalue weighted by Gasteiger charge is -2.06. The third-order valence-corrected chi connectivity index (χ3v) is 2.45. The maximum atomic E-state index is 10.7. The normalized spacial score (nSPS) is 12.0. The first-order chi connectivity index (χ1) is 5.61. The topological polar surface area (TPSA) is 38.3 Å². The summed E-state index contributed by atoms with van der Waals surface area (Å²) in [5, 5.41) is 3.44. The third-order valence-electron chi connectivity index (χ3n) is 1.61. The van der Waals surface area contributed by atoms with E-state index >= 15 is 0 Å². The van der Waals surface area contributed by atoms with Crippen molar-refractivity contribution in [3.63, 3.8) is 0 Å². The van der Waals surface area contributed by atoms with Crippen molar-refractivity contribution in [2.24, 2.45) is 0 Å². The van der Waals surface area contributed by atoms with Gasteiger partial charge < -0.3 is 10.1 Å². The summed E-state index contributed by atoms with van der Waals surface area (Å²) >= 11 is 3.34. The summed E-state index contributed by atoms with van der Waals surface area (Å²) in [4.78, 5) is 10.7. The second kappa shape index (κ2) is 6.06. The predicted octanol–water partition coefficient (Wildman–Crippen LogP) is 2.07. The summed E-state index contributed by atoms with van der Waals surface area (Å²) in [6.45, 7) is 4.54. The summed E-state index contributed by atoms with van der Waals surface area (Å²) in [7, 11) is 1.35. The van der Waals surface area contributed by atoms with E-state index in [1.165, 1.54) is 12.7 Å². The van der Waals surface area contributed by atoms with Gasteiger partial charge in [-0.3, -0.25) is 0 Å². The highest BCUT2D eigenvalue weighted by molar-refractivity contribution is 9.09. The molecule has 0 aromatic rings. The molecule has 1 amide bonds. The Morgan fingerprint density at radius 1 is 1.42 bits per heavy atom. The van der Waals surface area contributed by atoms with Crippen LogP contribution in [0.25, 0.3) is 0 Å². The van der Waals surface area contributed by atoms with E-state index in [0.717, 1.165) is 10.9 Å². The summed E-state index contributed by atoms with van der Waals surface area (Å²) < 4.78 is 4.43. The molecule has 0 bridgehead atoms. The number of methoxy groups -OCH3 is 1. The second-order valence-electron chi connectivity index (χ2n) is 2.54. The average molecular weight is 236 g/mol. The molecule has 0 aromatic heterocycles. The zero-order chi connectivity index (χ0) is 9.56. The Morgan fingerprint density at radius 2 is 2.00 bits per heavy atom. The molecule has 0 saturated carbocycles. The molecule has 0 unspecified atom stereocenters. The quantitative estimate of drug-likeness (QED) is 0.601. The first-order valence-corrected chi connectivity index (χ1v) is 4.77. The number of allylic oxidation sites excluding steroid dienone is 1. The van der Waals surface area contributed by atoms with Gasteiger partial charge >= 0.3 is 6.09 Å². The number of halogens is 1. The maximum absolute atomic E-state index is 10.7.